The van der Waals surface area contributed by atoms with Crippen molar-refractivity contribution in [3.05, 3.63) is 35.3 Å². The van der Waals surface area contributed by atoms with Gasteiger partial charge in [-0.05, 0) is 43.7 Å². The zero-order valence-electron chi connectivity index (χ0n) is 15.9. The molecule has 27 heavy (non-hydrogen) atoms. The summed E-state index contributed by atoms with van der Waals surface area (Å²) < 4.78 is 11.1. The molecule has 1 aromatic rings. The molecule has 2 amide bonds. The van der Waals surface area contributed by atoms with Crippen LogP contribution in [0.1, 0.15) is 25.3 Å². The number of hydrogen-bond donors (Lipinski definition) is 0. The average molecular weight is 388 g/mol. The van der Waals surface area contributed by atoms with Gasteiger partial charge >= 0.3 is 0 Å². The summed E-state index contributed by atoms with van der Waals surface area (Å²) in [5.74, 6) is 1.05. The lowest BCUT2D eigenvalue weighted by molar-refractivity contribution is -0.123. The maximum Gasteiger partial charge on any atom is 0.294 e. The van der Waals surface area contributed by atoms with E-state index < -0.39 is 0 Å². The molecule has 7 heteroatoms. The SMILES string of the molecule is C=CC(C)N1C(=O)SC(=Cc2cc(OC)c(N3CCCC3)cc2OC)C1=O. The van der Waals surface area contributed by atoms with Crippen LogP contribution in [0.4, 0.5) is 10.5 Å². The monoisotopic (exact) mass is 388 g/mol. The molecule has 0 radical (unpaired) electrons. The lowest BCUT2D eigenvalue weighted by atomic mass is 10.1. The Morgan fingerprint density at radius 2 is 1.81 bits per heavy atom. The lowest BCUT2D eigenvalue weighted by Crippen LogP contribution is -2.35. The highest BCUT2D eigenvalue weighted by Gasteiger charge is 2.37. The largest absolute Gasteiger partial charge is 0.496 e. The van der Waals surface area contributed by atoms with Gasteiger partial charge in [0.05, 0.1) is 30.9 Å². The summed E-state index contributed by atoms with van der Waals surface area (Å²) in [6.45, 7) is 7.40. The Morgan fingerprint density at radius 1 is 1.15 bits per heavy atom. The molecule has 2 fully saturated rings. The van der Waals surface area contributed by atoms with Crippen LogP contribution >= 0.6 is 11.8 Å². The highest BCUT2D eigenvalue weighted by Crippen LogP contribution is 2.40. The number of imide groups is 1. The van der Waals surface area contributed by atoms with E-state index in [0.29, 0.717) is 16.2 Å². The molecule has 0 spiro atoms. The summed E-state index contributed by atoms with van der Waals surface area (Å²) in [5, 5.41) is -0.293. The average Bonchev–Trinajstić information content (AvgIpc) is 3.29. The van der Waals surface area contributed by atoms with Crippen LogP contribution in [0.5, 0.6) is 11.5 Å². The molecular formula is C20H24N2O4S. The first-order valence-corrected chi connectivity index (χ1v) is 9.72. The topological polar surface area (TPSA) is 59.1 Å². The maximum absolute atomic E-state index is 12.6. The highest BCUT2D eigenvalue weighted by atomic mass is 32.2. The van der Waals surface area contributed by atoms with E-state index in [9.17, 15) is 9.59 Å². The van der Waals surface area contributed by atoms with Crippen LogP contribution in [-0.2, 0) is 4.79 Å². The summed E-state index contributed by atoms with van der Waals surface area (Å²) in [4.78, 5) is 28.7. The Kier molecular flexibility index (Phi) is 5.79. The molecule has 2 heterocycles. The van der Waals surface area contributed by atoms with Crippen molar-refractivity contribution < 1.29 is 19.1 Å². The molecule has 0 aromatic heterocycles. The number of carbonyl (C=O) groups excluding carboxylic acids is 2. The predicted molar refractivity (Wildman–Crippen MR) is 108 cm³/mol. The third kappa shape index (κ3) is 3.69. The Hall–Kier alpha value is -2.41. The van der Waals surface area contributed by atoms with Gasteiger partial charge in [0, 0.05) is 24.7 Å². The number of nitrogens with zero attached hydrogens (tertiary/aromatic N) is 2. The van der Waals surface area contributed by atoms with Crippen molar-refractivity contribution in [1.82, 2.24) is 4.90 Å². The van der Waals surface area contributed by atoms with E-state index in [4.69, 9.17) is 9.47 Å². The Balaban J connectivity index is 1.99. The zero-order chi connectivity index (χ0) is 19.6. The number of rotatable bonds is 6. The van der Waals surface area contributed by atoms with Gasteiger partial charge in [0.2, 0.25) is 0 Å². The number of anilines is 1. The van der Waals surface area contributed by atoms with Crippen LogP contribution in [0.2, 0.25) is 0 Å². The molecule has 0 N–H and O–H groups in total. The van der Waals surface area contributed by atoms with E-state index in [-0.39, 0.29) is 17.2 Å². The summed E-state index contributed by atoms with van der Waals surface area (Å²) in [6, 6.07) is 3.45. The predicted octanol–water partition coefficient (Wildman–Crippen LogP) is 3.91. The minimum atomic E-state index is -0.350. The fourth-order valence-electron chi connectivity index (χ4n) is 3.30. The second-order valence-corrected chi connectivity index (χ2v) is 7.48. The zero-order valence-corrected chi connectivity index (χ0v) is 16.7. The highest BCUT2D eigenvalue weighted by molar-refractivity contribution is 8.18. The molecule has 0 aliphatic carbocycles. The molecule has 2 aliphatic rings. The van der Waals surface area contributed by atoms with E-state index in [1.807, 2.05) is 12.1 Å². The van der Waals surface area contributed by atoms with Crippen molar-refractivity contribution in [2.45, 2.75) is 25.8 Å². The second kappa shape index (κ2) is 8.08. The summed E-state index contributed by atoms with van der Waals surface area (Å²) in [6.07, 6.45) is 5.58. The van der Waals surface area contributed by atoms with Gasteiger partial charge in [0.15, 0.2) is 0 Å². The molecule has 2 saturated heterocycles. The number of amides is 2. The minimum absolute atomic E-state index is 0.293. The number of methoxy groups -OCH3 is 2. The van der Waals surface area contributed by atoms with Crippen LogP contribution in [0.25, 0.3) is 6.08 Å². The first kappa shape index (κ1) is 19.4. The molecule has 0 saturated carbocycles. The Labute approximate surface area is 163 Å². The number of benzene rings is 1. The molecular weight excluding hydrogens is 364 g/mol. The van der Waals surface area contributed by atoms with Crippen molar-refractivity contribution in [3.8, 4) is 11.5 Å². The van der Waals surface area contributed by atoms with Crippen LogP contribution in [0, 0.1) is 0 Å². The number of ether oxygens (including phenoxy) is 2. The van der Waals surface area contributed by atoms with Gasteiger partial charge in [-0.25, -0.2) is 0 Å². The van der Waals surface area contributed by atoms with Crippen molar-refractivity contribution in [2.75, 3.05) is 32.2 Å². The van der Waals surface area contributed by atoms with Crippen LogP contribution in [-0.4, -0.2) is 49.4 Å². The second-order valence-electron chi connectivity index (χ2n) is 6.49. The standard InChI is InChI=1S/C20H24N2O4S/c1-5-13(2)22-19(23)18(27-20(22)24)11-14-10-17(26-4)15(12-16(14)25-3)21-8-6-7-9-21/h5,10-13H,1,6-9H2,2-4H3. The van der Waals surface area contributed by atoms with Gasteiger partial charge in [0.25, 0.3) is 11.1 Å². The lowest BCUT2D eigenvalue weighted by Gasteiger charge is -2.22. The van der Waals surface area contributed by atoms with Crippen LogP contribution in [0.3, 0.4) is 0 Å². The first-order valence-electron chi connectivity index (χ1n) is 8.90. The van der Waals surface area contributed by atoms with Crippen molar-refractivity contribution in [2.24, 2.45) is 0 Å². The van der Waals surface area contributed by atoms with Gasteiger partial charge in [-0.2, -0.15) is 0 Å². The molecule has 0 bridgehead atoms. The smallest absolute Gasteiger partial charge is 0.294 e. The fraction of sp³-hybridized carbons (Fsp3) is 0.400. The molecule has 2 aliphatic heterocycles. The van der Waals surface area contributed by atoms with Crippen molar-refractivity contribution in [1.29, 1.82) is 0 Å². The van der Waals surface area contributed by atoms with Gasteiger partial charge in [-0.3, -0.25) is 14.5 Å². The van der Waals surface area contributed by atoms with Crippen LogP contribution in [0.15, 0.2) is 29.7 Å². The summed E-state index contributed by atoms with van der Waals surface area (Å²) in [7, 11) is 3.23. The normalized spacial score (nSPS) is 19.7. The van der Waals surface area contributed by atoms with Crippen molar-refractivity contribution in [3.63, 3.8) is 0 Å². The Bertz CT molecular complexity index is 799. The third-order valence-corrected chi connectivity index (χ3v) is 5.72. The van der Waals surface area contributed by atoms with Gasteiger partial charge < -0.3 is 14.4 Å². The van der Waals surface area contributed by atoms with Crippen molar-refractivity contribution >= 4 is 34.7 Å². The molecule has 1 unspecified atom stereocenters. The van der Waals surface area contributed by atoms with E-state index in [2.05, 4.69) is 11.5 Å². The molecule has 6 nitrogen and oxygen atoms in total. The van der Waals surface area contributed by atoms with Gasteiger partial charge in [-0.15, -0.1) is 6.58 Å². The molecule has 3 rings (SSSR count). The molecule has 144 valence electrons. The fourth-order valence-corrected chi connectivity index (χ4v) is 4.21. The first-order chi connectivity index (χ1) is 13.0. The third-order valence-electron chi connectivity index (χ3n) is 4.84. The van der Waals surface area contributed by atoms with E-state index in [1.54, 1.807) is 33.3 Å². The number of carbonyl (C=O) groups is 2. The van der Waals surface area contributed by atoms with E-state index in [1.165, 1.54) is 4.90 Å². The quantitative estimate of drug-likeness (QED) is 0.544. The van der Waals surface area contributed by atoms with E-state index in [0.717, 1.165) is 49.1 Å². The van der Waals surface area contributed by atoms with Crippen LogP contribution < -0.4 is 14.4 Å². The number of hydrogen-bond acceptors (Lipinski definition) is 6. The summed E-state index contributed by atoms with van der Waals surface area (Å²) in [5.41, 5.74) is 1.69. The number of thioether (sulfide) groups is 1. The maximum atomic E-state index is 12.6. The van der Waals surface area contributed by atoms with Gasteiger partial charge in [0.1, 0.15) is 11.5 Å². The van der Waals surface area contributed by atoms with E-state index >= 15 is 0 Å². The minimum Gasteiger partial charge on any atom is -0.496 e. The molecule has 1 atom stereocenters. The molecule has 1 aromatic carbocycles. The van der Waals surface area contributed by atoms with Gasteiger partial charge in [-0.1, -0.05) is 6.08 Å². The Morgan fingerprint density at radius 3 is 2.41 bits per heavy atom. The summed E-state index contributed by atoms with van der Waals surface area (Å²) >= 11 is 0.926.